The van der Waals surface area contributed by atoms with E-state index in [4.69, 9.17) is 4.52 Å². The van der Waals surface area contributed by atoms with Gasteiger partial charge in [-0.05, 0) is 13.8 Å². The van der Waals surface area contributed by atoms with Gasteiger partial charge in [0.05, 0.1) is 5.69 Å². The Morgan fingerprint density at radius 3 is 2.62 bits per heavy atom. The molecule has 0 atom stereocenters. The van der Waals surface area contributed by atoms with Crippen molar-refractivity contribution in [2.75, 3.05) is 19.6 Å². The van der Waals surface area contributed by atoms with Crippen LogP contribution in [-0.4, -0.2) is 35.7 Å². The first kappa shape index (κ1) is 15.1. The van der Waals surface area contributed by atoms with Crippen molar-refractivity contribution in [1.82, 2.24) is 15.4 Å². The largest absolute Gasteiger partial charge is 0.356 e. The van der Waals surface area contributed by atoms with Crippen molar-refractivity contribution in [2.24, 2.45) is 0 Å². The van der Waals surface area contributed by atoms with Crippen LogP contribution in [0.25, 0.3) is 11.3 Å². The Bertz CT molecular complexity index is 562. The fourth-order valence-corrected chi connectivity index (χ4v) is 2.09. The van der Waals surface area contributed by atoms with E-state index >= 15 is 0 Å². The molecule has 5 nitrogen and oxygen atoms in total. The van der Waals surface area contributed by atoms with Crippen LogP contribution in [0.2, 0.25) is 0 Å². The molecule has 21 heavy (non-hydrogen) atoms. The van der Waals surface area contributed by atoms with Crippen LogP contribution in [0.5, 0.6) is 0 Å². The summed E-state index contributed by atoms with van der Waals surface area (Å²) in [6.45, 7) is 5.91. The monoisotopic (exact) mass is 287 g/mol. The fourth-order valence-electron chi connectivity index (χ4n) is 2.09. The van der Waals surface area contributed by atoms with Gasteiger partial charge in [-0.3, -0.25) is 0 Å². The molecule has 2 rings (SSSR count). The molecule has 0 bridgehead atoms. The predicted molar refractivity (Wildman–Crippen MR) is 82.0 cm³/mol. The van der Waals surface area contributed by atoms with Crippen molar-refractivity contribution in [3.63, 3.8) is 0 Å². The van der Waals surface area contributed by atoms with Gasteiger partial charge < -0.3 is 14.7 Å². The first-order valence-corrected chi connectivity index (χ1v) is 7.28. The van der Waals surface area contributed by atoms with E-state index in [2.05, 4.69) is 10.5 Å². The van der Waals surface area contributed by atoms with Crippen LogP contribution in [0.4, 0.5) is 4.79 Å². The van der Waals surface area contributed by atoms with Crippen molar-refractivity contribution in [3.8, 4) is 11.3 Å². The number of nitrogens with one attached hydrogen (secondary N) is 1. The van der Waals surface area contributed by atoms with E-state index in [1.165, 1.54) is 0 Å². The number of nitrogens with zero attached hydrogens (tertiary/aromatic N) is 2. The number of rotatable bonds is 6. The van der Waals surface area contributed by atoms with Gasteiger partial charge >= 0.3 is 6.03 Å². The average molecular weight is 287 g/mol. The molecule has 0 radical (unpaired) electrons. The van der Waals surface area contributed by atoms with Crippen LogP contribution in [0, 0.1) is 0 Å². The minimum Gasteiger partial charge on any atom is -0.356 e. The number of aromatic nitrogens is 1. The smallest absolute Gasteiger partial charge is 0.317 e. The van der Waals surface area contributed by atoms with Crippen molar-refractivity contribution in [3.05, 3.63) is 42.1 Å². The van der Waals surface area contributed by atoms with Crippen molar-refractivity contribution >= 4 is 6.03 Å². The van der Waals surface area contributed by atoms with E-state index in [1.807, 2.05) is 50.2 Å². The Morgan fingerprint density at radius 2 is 1.95 bits per heavy atom. The highest BCUT2D eigenvalue weighted by Crippen LogP contribution is 2.19. The van der Waals surface area contributed by atoms with Gasteiger partial charge in [-0.25, -0.2) is 4.79 Å². The lowest BCUT2D eigenvalue weighted by atomic mass is 10.1. The molecular formula is C16H21N3O2. The summed E-state index contributed by atoms with van der Waals surface area (Å²) >= 11 is 0. The zero-order valence-corrected chi connectivity index (χ0v) is 12.5. The SMILES string of the molecule is CCN(CC)C(=O)NCCc1cc(-c2ccccc2)on1. The highest BCUT2D eigenvalue weighted by molar-refractivity contribution is 5.74. The Hall–Kier alpha value is -2.30. The highest BCUT2D eigenvalue weighted by Gasteiger charge is 2.09. The average Bonchev–Trinajstić information content (AvgIpc) is 2.98. The molecule has 0 spiro atoms. The molecular weight excluding hydrogens is 266 g/mol. The standard InChI is InChI=1S/C16H21N3O2/c1-3-19(4-2)16(20)17-11-10-14-12-15(21-18-14)13-8-6-5-7-9-13/h5-9,12H,3-4,10-11H2,1-2H3,(H,17,20). The molecule has 1 aromatic heterocycles. The van der Waals surface area contributed by atoms with Gasteiger partial charge in [0, 0.05) is 37.7 Å². The van der Waals surface area contributed by atoms with Crippen LogP contribution in [0.1, 0.15) is 19.5 Å². The van der Waals surface area contributed by atoms with E-state index in [0.29, 0.717) is 26.1 Å². The summed E-state index contributed by atoms with van der Waals surface area (Å²) in [6, 6.07) is 11.7. The number of hydrogen-bond donors (Lipinski definition) is 1. The van der Waals surface area contributed by atoms with Crippen molar-refractivity contribution < 1.29 is 9.32 Å². The normalized spacial score (nSPS) is 10.4. The van der Waals surface area contributed by atoms with Crippen LogP contribution in [0.15, 0.2) is 40.9 Å². The third-order valence-corrected chi connectivity index (χ3v) is 3.33. The van der Waals surface area contributed by atoms with Gasteiger partial charge in [-0.2, -0.15) is 0 Å². The molecule has 112 valence electrons. The maximum atomic E-state index is 11.8. The number of carbonyl (C=O) groups excluding carboxylic acids is 1. The number of amides is 2. The lowest BCUT2D eigenvalue weighted by Gasteiger charge is -2.18. The molecule has 0 fully saturated rings. The molecule has 5 heteroatoms. The minimum absolute atomic E-state index is 0.0354. The lowest BCUT2D eigenvalue weighted by Crippen LogP contribution is -2.40. The Labute approximate surface area is 124 Å². The first-order valence-electron chi connectivity index (χ1n) is 7.28. The highest BCUT2D eigenvalue weighted by atomic mass is 16.5. The van der Waals surface area contributed by atoms with Crippen molar-refractivity contribution in [1.29, 1.82) is 0 Å². The summed E-state index contributed by atoms with van der Waals surface area (Å²) in [5.41, 5.74) is 1.84. The van der Waals surface area contributed by atoms with E-state index < -0.39 is 0 Å². The van der Waals surface area contributed by atoms with Crippen LogP contribution < -0.4 is 5.32 Å². The minimum atomic E-state index is -0.0354. The summed E-state index contributed by atoms with van der Waals surface area (Å²) in [4.78, 5) is 13.5. The Kier molecular flexibility index (Phi) is 5.37. The second-order valence-corrected chi connectivity index (χ2v) is 4.70. The molecule has 0 saturated heterocycles. The number of carbonyl (C=O) groups is 1. The van der Waals surface area contributed by atoms with E-state index in [-0.39, 0.29) is 6.03 Å². The van der Waals surface area contributed by atoms with Gasteiger partial charge in [-0.1, -0.05) is 35.5 Å². The molecule has 0 aliphatic rings. The second-order valence-electron chi connectivity index (χ2n) is 4.70. The lowest BCUT2D eigenvalue weighted by molar-refractivity contribution is 0.203. The molecule has 1 aromatic carbocycles. The van der Waals surface area contributed by atoms with Gasteiger partial charge in [-0.15, -0.1) is 0 Å². The maximum Gasteiger partial charge on any atom is 0.317 e. The molecule has 1 heterocycles. The quantitative estimate of drug-likeness (QED) is 0.888. The Morgan fingerprint density at radius 1 is 1.24 bits per heavy atom. The van der Waals surface area contributed by atoms with Crippen LogP contribution in [0.3, 0.4) is 0 Å². The fraction of sp³-hybridized carbons (Fsp3) is 0.375. The molecule has 1 N–H and O–H groups in total. The van der Waals surface area contributed by atoms with E-state index in [1.54, 1.807) is 4.90 Å². The molecule has 0 unspecified atom stereocenters. The molecule has 2 aromatic rings. The zero-order chi connectivity index (χ0) is 15.1. The first-order chi connectivity index (χ1) is 10.2. The summed E-state index contributed by atoms with van der Waals surface area (Å²) in [7, 11) is 0. The second kappa shape index (κ2) is 7.47. The molecule has 0 aliphatic heterocycles. The molecule has 0 saturated carbocycles. The number of hydrogen-bond acceptors (Lipinski definition) is 3. The van der Waals surface area contributed by atoms with Crippen LogP contribution in [-0.2, 0) is 6.42 Å². The van der Waals surface area contributed by atoms with Gasteiger partial charge in [0.1, 0.15) is 0 Å². The van der Waals surface area contributed by atoms with Gasteiger partial charge in [0.2, 0.25) is 0 Å². The van der Waals surface area contributed by atoms with E-state index in [9.17, 15) is 4.79 Å². The predicted octanol–water partition coefficient (Wildman–Crippen LogP) is 2.94. The third kappa shape index (κ3) is 4.08. The van der Waals surface area contributed by atoms with Gasteiger partial charge in [0.25, 0.3) is 0 Å². The molecule has 0 aliphatic carbocycles. The maximum absolute atomic E-state index is 11.8. The molecule has 2 amide bonds. The summed E-state index contributed by atoms with van der Waals surface area (Å²) in [6.07, 6.45) is 0.656. The number of urea groups is 1. The zero-order valence-electron chi connectivity index (χ0n) is 12.5. The Balaban J connectivity index is 1.85. The summed E-state index contributed by atoms with van der Waals surface area (Å²) < 4.78 is 5.32. The number of benzene rings is 1. The van der Waals surface area contributed by atoms with Crippen LogP contribution >= 0.6 is 0 Å². The van der Waals surface area contributed by atoms with E-state index in [0.717, 1.165) is 17.0 Å². The summed E-state index contributed by atoms with van der Waals surface area (Å²) in [5.74, 6) is 0.751. The van der Waals surface area contributed by atoms with Gasteiger partial charge in [0.15, 0.2) is 5.76 Å². The third-order valence-electron chi connectivity index (χ3n) is 3.33. The topological polar surface area (TPSA) is 58.4 Å². The van der Waals surface area contributed by atoms with Crippen molar-refractivity contribution in [2.45, 2.75) is 20.3 Å². The summed E-state index contributed by atoms with van der Waals surface area (Å²) in [5, 5.41) is 6.92.